The maximum absolute atomic E-state index is 13.6. The third-order valence-electron chi connectivity index (χ3n) is 4.42. The summed E-state index contributed by atoms with van der Waals surface area (Å²) in [6, 6.07) is 3.76. The third kappa shape index (κ3) is 5.60. The van der Waals surface area contributed by atoms with Gasteiger partial charge in [0.05, 0.1) is 5.01 Å². The number of carbonyl (C=O) groups excluding carboxylic acids is 1. The molecule has 1 fully saturated rings. The quantitative estimate of drug-likeness (QED) is 0.750. The minimum absolute atomic E-state index is 0. The predicted molar refractivity (Wildman–Crippen MR) is 109 cm³/mol. The van der Waals surface area contributed by atoms with Gasteiger partial charge in [-0.05, 0) is 30.7 Å². The summed E-state index contributed by atoms with van der Waals surface area (Å²) < 4.78 is 26.8. The second-order valence-electron chi connectivity index (χ2n) is 6.58. The van der Waals surface area contributed by atoms with Crippen LogP contribution in [0.3, 0.4) is 0 Å². The Hall–Kier alpha value is -1.28. The summed E-state index contributed by atoms with van der Waals surface area (Å²) in [6.07, 6.45) is 0.740. The Morgan fingerprint density at radius 2 is 2.04 bits per heavy atom. The second kappa shape index (κ2) is 10.3. The first-order valence-electron chi connectivity index (χ1n) is 8.37. The first-order valence-corrected chi connectivity index (χ1v) is 9.25. The second-order valence-corrected chi connectivity index (χ2v) is 7.47. The normalized spacial score (nSPS) is 19.1. The Morgan fingerprint density at radius 3 is 2.67 bits per heavy atom. The van der Waals surface area contributed by atoms with Crippen molar-refractivity contribution in [3.8, 4) is 0 Å². The molecular weight excluding hydrogens is 415 g/mol. The summed E-state index contributed by atoms with van der Waals surface area (Å²) in [5.74, 6) is -1.74. The molecule has 2 atom stereocenters. The van der Waals surface area contributed by atoms with E-state index in [1.807, 2.05) is 13.8 Å². The zero-order valence-electron chi connectivity index (χ0n) is 15.0. The number of thiazole rings is 1. The molecule has 150 valence electrons. The Balaban J connectivity index is 0.00000182. The third-order valence-corrected chi connectivity index (χ3v) is 5.56. The standard InChI is InChI=1S/C18H21F2N3OS.2ClH/c1-10(2)18-23-16(9-25-18)17(24)22-15-8-21-6-5-12(15)11-3-4-13(19)14(20)7-11;;/h3-4,7,9-10,12,15,21H,5-6,8H2,1-2H3,(H,22,24);2*1H. The molecule has 9 heteroatoms. The van der Waals surface area contributed by atoms with Gasteiger partial charge in [0.2, 0.25) is 0 Å². The van der Waals surface area contributed by atoms with Crippen LogP contribution in [0.2, 0.25) is 0 Å². The number of rotatable bonds is 4. The molecule has 0 saturated carbocycles. The van der Waals surface area contributed by atoms with Gasteiger partial charge >= 0.3 is 0 Å². The highest BCUT2D eigenvalue weighted by Gasteiger charge is 2.29. The van der Waals surface area contributed by atoms with Crippen molar-refractivity contribution in [3.05, 3.63) is 51.5 Å². The van der Waals surface area contributed by atoms with E-state index in [9.17, 15) is 13.6 Å². The highest BCUT2D eigenvalue weighted by Crippen LogP contribution is 2.27. The van der Waals surface area contributed by atoms with Gasteiger partial charge < -0.3 is 10.6 Å². The lowest BCUT2D eigenvalue weighted by Gasteiger charge is -2.33. The molecule has 2 aromatic rings. The van der Waals surface area contributed by atoms with Crippen molar-refractivity contribution in [2.75, 3.05) is 13.1 Å². The Labute approximate surface area is 174 Å². The topological polar surface area (TPSA) is 54.0 Å². The lowest BCUT2D eigenvalue weighted by molar-refractivity contribution is 0.0920. The van der Waals surface area contributed by atoms with E-state index in [1.54, 1.807) is 11.4 Å². The fourth-order valence-corrected chi connectivity index (χ4v) is 3.87. The van der Waals surface area contributed by atoms with Gasteiger partial charge in [-0.15, -0.1) is 36.2 Å². The number of nitrogens with zero attached hydrogens (tertiary/aromatic N) is 1. The van der Waals surface area contributed by atoms with Gasteiger partial charge in [-0.3, -0.25) is 4.79 Å². The van der Waals surface area contributed by atoms with E-state index in [0.29, 0.717) is 17.8 Å². The van der Waals surface area contributed by atoms with Crippen LogP contribution in [0, 0.1) is 11.6 Å². The van der Waals surface area contributed by atoms with Crippen molar-refractivity contribution in [2.24, 2.45) is 0 Å². The monoisotopic (exact) mass is 437 g/mol. The van der Waals surface area contributed by atoms with Gasteiger partial charge in [-0.2, -0.15) is 0 Å². The van der Waals surface area contributed by atoms with Crippen LogP contribution < -0.4 is 10.6 Å². The fraction of sp³-hybridized carbons (Fsp3) is 0.444. The van der Waals surface area contributed by atoms with Crippen LogP contribution in [0.4, 0.5) is 8.78 Å². The van der Waals surface area contributed by atoms with Crippen molar-refractivity contribution in [2.45, 2.75) is 38.1 Å². The first-order chi connectivity index (χ1) is 12.0. The average molecular weight is 438 g/mol. The maximum Gasteiger partial charge on any atom is 0.271 e. The van der Waals surface area contributed by atoms with Gasteiger partial charge in [-0.25, -0.2) is 13.8 Å². The van der Waals surface area contributed by atoms with Crippen LogP contribution in [0.5, 0.6) is 0 Å². The zero-order chi connectivity index (χ0) is 18.0. The molecule has 1 aromatic heterocycles. The number of aromatic nitrogens is 1. The molecular formula is C18H23Cl2F2N3OS. The molecule has 0 spiro atoms. The van der Waals surface area contributed by atoms with E-state index in [1.165, 1.54) is 17.4 Å². The number of halogens is 4. The van der Waals surface area contributed by atoms with Crippen molar-refractivity contribution < 1.29 is 13.6 Å². The molecule has 1 amide bonds. The Kier molecular flexibility index (Phi) is 9.08. The Bertz CT molecular complexity index is 773. The highest BCUT2D eigenvalue weighted by atomic mass is 35.5. The summed E-state index contributed by atoms with van der Waals surface area (Å²) in [6.45, 7) is 5.41. The number of hydrogen-bond acceptors (Lipinski definition) is 4. The van der Waals surface area contributed by atoms with E-state index >= 15 is 0 Å². The van der Waals surface area contributed by atoms with E-state index in [4.69, 9.17) is 0 Å². The maximum atomic E-state index is 13.6. The van der Waals surface area contributed by atoms with Gasteiger partial charge in [0, 0.05) is 29.8 Å². The van der Waals surface area contributed by atoms with Crippen molar-refractivity contribution >= 4 is 42.1 Å². The number of amides is 1. The smallest absolute Gasteiger partial charge is 0.271 e. The lowest BCUT2D eigenvalue weighted by Crippen LogP contribution is -2.50. The molecule has 1 aliphatic heterocycles. The lowest BCUT2D eigenvalue weighted by atomic mass is 9.86. The minimum atomic E-state index is -0.859. The molecule has 1 aromatic carbocycles. The number of hydrogen-bond donors (Lipinski definition) is 2. The van der Waals surface area contributed by atoms with Crippen molar-refractivity contribution in [3.63, 3.8) is 0 Å². The number of nitrogens with one attached hydrogen (secondary N) is 2. The largest absolute Gasteiger partial charge is 0.346 e. The average Bonchev–Trinajstić information content (AvgIpc) is 3.08. The fourth-order valence-electron chi connectivity index (χ4n) is 3.05. The van der Waals surface area contributed by atoms with E-state index in [0.717, 1.165) is 24.0 Å². The van der Waals surface area contributed by atoms with Crippen LogP contribution in [0.15, 0.2) is 23.6 Å². The molecule has 0 bridgehead atoms. The summed E-state index contributed by atoms with van der Waals surface area (Å²) >= 11 is 1.47. The van der Waals surface area contributed by atoms with E-state index in [-0.39, 0.29) is 48.6 Å². The van der Waals surface area contributed by atoms with Gasteiger partial charge in [0.1, 0.15) is 5.69 Å². The molecule has 2 N–H and O–H groups in total. The van der Waals surface area contributed by atoms with Gasteiger partial charge in [-0.1, -0.05) is 19.9 Å². The molecule has 2 unspecified atom stereocenters. The highest BCUT2D eigenvalue weighted by molar-refractivity contribution is 7.09. The summed E-state index contributed by atoms with van der Waals surface area (Å²) in [7, 11) is 0. The molecule has 1 saturated heterocycles. The van der Waals surface area contributed by atoms with Gasteiger partial charge in [0.25, 0.3) is 5.91 Å². The van der Waals surface area contributed by atoms with Crippen LogP contribution >= 0.6 is 36.2 Å². The molecule has 0 aliphatic carbocycles. The van der Waals surface area contributed by atoms with E-state index < -0.39 is 11.6 Å². The predicted octanol–water partition coefficient (Wildman–Crippen LogP) is 4.26. The molecule has 3 rings (SSSR count). The van der Waals surface area contributed by atoms with Crippen LogP contribution in [0.25, 0.3) is 0 Å². The zero-order valence-corrected chi connectivity index (χ0v) is 17.4. The molecule has 4 nitrogen and oxygen atoms in total. The van der Waals surface area contributed by atoms with Crippen molar-refractivity contribution in [1.82, 2.24) is 15.6 Å². The van der Waals surface area contributed by atoms with Crippen LogP contribution in [-0.2, 0) is 0 Å². The molecule has 27 heavy (non-hydrogen) atoms. The first kappa shape index (κ1) is 23.8. The summed E-state index contributed by atoms with van der Waals surface area (Å²) in [4.78, 5) is 16.9. The van der Waals surface area contributed by atoms with Crippen molar-refractivity contribution in [1.29, 1.82) is 0 Å². The minimum Gasteiger partial charge on any atom is -0.346 e. The number of carbonyl (C=O) groups is 1. The van der Waals surface area contributed by atoms with Crippen LogP contribution in [0.1, 0.15) is 53.2 Å². The SMILES string of the molecule is CC(C)c1nc(C(=O)NC2CNCCC2c2ccc(F)c(F)c2)cs1.Cl.Cl. The van der Waals surface area contributed by atoms with E-state index in [2.05, 4.69) is 15.6 Å². The van der Waals surface area contributed by atoms with Crippen LogP contribution in [-0.4, -0.2) is 30.0 Å². The summed E-state index contributed by atoms with van der Waals surface area (Å²) in [5, 5.41) is 8.91. The molecule has 1 aliphatic rings. The summed E-state index contributed by atoms with van der Waals surface area (Å²) in [5.41, 5.74) is 1.11. The number of benzene rings is 1. The Morgan fingerprint density at radius 1 is 1.30 bits per heavy atom. The molecule has 2 heterocycles. The molecule has 0 radical (unpaired) electrons. The van der Waals surface area contributed by atoms with Gasteiger partial charge in [0.15, 0.2) is 11.6 Å². The number of piperidine rings is 1.